The molecule has 0 aliphatic heterocycles. The molecule has 0 amide bonds. The Morgan fingerprint density at radius 2 is 1.84 bits per heavy atom. The summed E-state index contributed by atoms with van der Waals surface area (Å²) in [5.74, 6) is 0. The van der Waals surface area contributed by atoms with Crippen molar-refractivity contribution in [2.75, 3.05) is 0 Å². The maximum absolute atomic E-state index is 4.16. The molecule has 0 saturated carbocycles. The van der Waals surface area contributed by atoms with E-state index in [1.165, 1.54) is 42.1 Å². The van der Waals surface area contributed by atoms with Gasteiger partial charge in [0.05, 0.1) is 0 Å². The van der Waals surface area contributed by atoms with Gasteiger partial charge in [-0.25, -0.2) is 0 Å². The molecule has 0 atom stereocenters. The van der Waals surface area contributed by atoms with Crippen LogP contribution in [0.3, 0.4) is 0 Å². The van der Waals surface area contributed by atoms with Gasteiger partial charge >= 0.3 is 129 Å². The molecule has 104 valence electrons. The second-order valence-corrected chi connectivity index (χ2v) is 11.1. The third-order valence-corrected chi connectivity index (χ3v) is 8.75. The van der Waals surface area contributed by atoms with Crippen LogP contribution in [0.4, 0.5) is 0 Å². The van der Waals surface area contributed by atoms with Gasteiger partial charge in [-0.15, -0.1) is 0 Å². The Balaban J connectivity index is 2.98. The van der Waals surface area contributed by atoms with Gasteiger partial charge in [0, 0.05) is 0 Å². The van der Waals surface area contributed by atoms with Crippen LogP contribution >= 0.6 is 0 Å². The van der Waals surface area contributed by atoms with Crippen molar-refractivity contribution < 1.29 is 0 Å². The van der Waals surface area contributed by atoms with Gasteiger partial charge in [0.2, 0.25) is 0 Å². The van der Waals surface area contributed by atoms with Crippen molar-refractivity contribution in [2.45, 2.75) is 52.4 Å². The van der Waals surface area contributed by atoms with Gasteiger partial charge in [0.15, 0.2) is 0 Å². The third kappa shape index (κ3) is 5.56. The van der Waals surface area contributed by atoms with Crippen molar-refractivity contribution >= 4 is 24.7 Å². The monoisotopic (exact) mass is 364 g/mol. The third-order valence-electron chi connectivity index (χ3n) is 3.66. The van der Waals surface area contributed by atoms with Crippen LogP contribution < -0.4 is 3.58 Å². The molecule has 0 unspecified atom stereocenters. The van der Waals surface area contributed by atoms with Gasteiger partial charge in [-0.3, -0.25) is 0 Å². The van der Waals surface area contributed by atoms with Gasteiger partial charge in [-0.05, 0) is 0 Å². The first-order valence-corrected chi connectivity index (χ1v) is 11.7. The average molecular weight is 363 g/mol. The summed E-state index contributed by atoms with van der Waals surface area (Å²) in [5, 5.41) is 0. The van der Waals surface area contributed by atoms with Crippen LogP contribution in [0.1, 0.15) is 50.7 Å². The van der Waals surface area contributed by atoms with E-state index in [1.54, 1.807) is 14.7 Å². The molecule has 1 aromatic rings. The van der Waals surface area contributed by atoms with Crippen LogP contribution in [0, 0.1) is 0 Å². The van der Waals surface area contributed by atoms with Crippen LogP contribution in [0.25, 0.3) is 0 Å². The summed E-state index contributed by atoms with van der Waals surface area (Å²) in [4.78, 5) is 0. The van der Waals surface area contributed by atoms with Gasteiger partial charge in [0.1, 0.15) is 0 Å². The van der Waals surface area contributed by atoms with E-state index in [0.717, 1.165) is 0 Å². The van der Waals surface area contributed by atoms with Crippen LogP contribution in [-0.2, 0) is 12.8 Å². The van der Waals surface area contributed by atoms with E-state index in [-0.39, 0.29) is 0 Å². The molecule has 0 radical (unpaired) electrons. The molecule has 0 aromatic heterocycles. The minimum atomic E-state index is -1.09. The number of hydrogen-bond donors (Lipinski definition) is 0. The minimum absolute atomic E-state index is 1.09. The summed E-state index contributed by atoms with van der Waals surface area (Å²) in [6, 6.07) is 6.95. The van der Waals surface area contributed by atoms with Gasteiger partial charge < -0.3 is 0 Å². The standard InChI is InChI=1S/C14H21.C4H5.Sn.2H/c1-3-5-9-13-11-7-8-12-14(13)10-6-4-2;1-3-4-2;;;/h7-8,11H,3-6,9-10H2,1-2H3;3H,1-2H2;;;. The molecular weight excluding hydrogens is 335 g/mol. The van der Waals surface area contributed by atoms with E-state index in [9.17, 15) is 0 Å². The Kier molecular flexibility index (Phi) is 8.20. The summed E-state index contributed by atoms with van der Waals surface area (Å²) in [7, 11) is 0. The summed E-state index contributed by atoms with van der Waals surface area (Å²) in [6.07, 6.45) is 9.64. The van der Waals surface area contributed by atoms with Crippen molar-refractivity contribution in [1.82, 2.24) is 0 Å². The van der Waals surface area contributed by atoms with Crippen molar-refractivity contribution in [3.63, 3.8) is 0 Å². The predicted molar refractivity (Wildman–Crippen MR) is 91.2 cm³/mol. The van der Waals surface area contributed by atoms with E-state index in [1.807, 2.05) is 6.08 Å². The Hall–Kier alpha value is -0.501. The quantitative estimate of drug-likeness (QED) is 0.462. The molecule has 0 heterocycles. The normalized spacial score (nSPS) is 11.1. The Bertz CT molecular complexity index is 418. The topological polar surface area (TPSA) is 0 Å². The zero-order valence-corrected chi connectivity index (χ0v) is 16.7. The molecule has 0 fully saturated rings. The first-order valence-electron chi connectivity index (χ1n) is 7.62. The molecule has 0 aliphatic rings. The Morgan fingerprint density at radius 1 is 1.16 bits per heavy atom. The summed E-state index contributed by atoms with van der Waals surface area (Å²) >= 11 is -1.09. The number of allylic oxidation sites excluding steroid dienone is 2. The molecule has 0 N–H and O–H groups in total. The summed E-state index contributed by atoms with van der Waals surface area (Å²) in [6.45, 7) is 12.6. The van der Waals surface area contributed by atoms with Crippen molar-refractivity contribution in [3.05, 3.63) is 52.1 Å². The maximum atomic E-state index is 4.16. The van der Waals surface area contributed by atoms with Crippen LogP contribution in [0.15, 0.2) is 41.0 Å². The molecule has 1 rings (SSSR count). The molecule has 0 bridgehead atoms. The molecule has 0 saturated heterocycles. The first-order chi connectivity index (χ1) is 9.22. The summed E-state index contributed by atoms with van der Waals surface area (Å²) < 4.78 is 2.99. The molecule has 1 aromatic carbocycles. The van der Waals surface area contributed by atoms with Gasteiger partial charge in [-0.2, -0.15) is 0 Å². The Labute approximate surface area is 129 Å². The van der Waals surface area contributed by atoms with Gasteiger partial charge in [0.25, 0.3) is 0 Å². The zero-order valence-electron chi connectivity index (χ0n) is 12.7. The SMILES string of the molecule is C=C[C](=C)[SnH2][c]1cccc(CCCC)c1CCCC. The molecule has 19 heavy (non-hydrogen) atoms. The van der Waals surface area contributed by atoms with Gasteiger partial charge in [-0.1, -0.05) is 0 Å². The predicted octanol–water partition coefficient (Wildman–Crippen LogP) is 3.87. The van der Waals surface area contributed by atoms with Crippen molar-refractivity contribution in [2.24, 2.45) is 0 Å². The number of aryl methyl sites for hydroxylation is 1. The van der Waals surface area contributed by atoms with E-state index in [4.69, 9.17) is 0 Å². The fourth-order valence-electron chi connectivity index (χ4n) is 2.45. The van der Waals surface area contributed by atoms with E-state index >= 15 is 0 Å². The molecule has 0 spiro atoms. The fourth-order valence-corrected chi connectivity index (χ4v) is 6.74. The number of rotatable bonds is 9. The molecule has 0 nitrogen and oxygen atoms in total. The van der Waals surface area contributed by atoms with Crippen LogP contribution in [-0.4, -0.2) is 21.1 Å². The van der Waals surface area contributed by atoms with Crippen LogP contribution in [0.2, 0.25) is 0 Å². The van der Waals surface area contributed by atoms with E-state index in [2.05, 4.69) is 45.2 Å². The Morgan fingerprint density at radius 3 is 2.47 bits per heavy atom. The van der Waals surface area contributed by atoms with Crippen LogP contribution in [0.5, 0.6) is 0 Å². The van der Waals surface area contributed by atoms with E-state index in [0.29, 0.717) is 0 Å². The molecular formula is C18H28Sn. The van der Waals surface area contributed by atoms with E-state index < -0.39 is 21.1 Å². The number of unbranched alkanes of at least 4 members (excludes halogenated alkanes) is 2. The first kappa shape index (κ1) is 16.6. The second-order valence-electron chi connectivity index (χ2n) is 5.30. The van der Waals surface area contributed by atoms with Crippen molar-refractivity contribution in [3.8, 4) is 0 Å². The molecule has 0 aliphatic carbocycles. The molecule has 1 heteroatoms. The summed E-state index contributed by atoms with van der Waals surface area (Å²) in [5.41, 5.74) is 3.26. The second kappa shape index (κ2) is 9.41. The number of benzene rings is 1. The average Bonchev–Trinajstić information content (AvgIpc) is 2.43. The number of hydrogen-bond acceptors (Lipinski definition) is 0. The van der Waals surface area contributed by atoms with Crippen molar-refractivity contribution in [1.29, 1.82) is 0 Å². The zero-order chi connectivity index (χ0) is 14.1. The fraction of sp³-hybridized carbons (Fsp3) is 0.444.